The van der Waals surface area contributed by atoms with Crippen molar-refractivity contribution in [2.45, 2.75) is 25.9 Å². The van der Waals surface area contributed by atoms with Crippen molar-refractivity contribution in [2.24, 2.45) is 5.73 Å². The van der Waals surface area contributed by atoms with Gasteiger partial charge in [0.15, 0.2) is 0 Å². The molecule has 0 radical (unpaired) electrons. The van der Waals surface area contributed by atoms with Gasteiger partial charge in [0.05, 0.1) is 24.3 Å². The van der Waals surface area contributed by atoms with Gasteiger partial charge in [-0.25, -0.2) is 4.98 Å². The number of nitrogens with zero attached hydrogens (tertiary/aromatic N) is 2. The van der Waals surface area contributed by atoms with Gasteiger partial charge in [0.25, 0.3) is 0 Å². The van der Waals surface area contributed by atoms with E-state index in [1.807, 2.05) is 6.07 Å². The fraction of sp³-hybridized carbons (Fsp3) is 0.583. The fourth-order valence-electron chi connectivity index (χ4n) is 2.07. The van der Waals surface area contributed by atoms with Crippen molar-refractivity contribution in [3.63, 3.8) is 0 Å². The third-order valence-electron chi connectivity index (χ3n) is 3.08. The van der Waals surface area contributed by atoms with Gasteiger partial charge >= 0.3 is 0 Å². The summed E-state index contributed by atoms with van der Waals surface area (Å²) in [7, 11) is 0. The molecule has 0 saturated carbocycles. The highest BCUT2D eigenvalue weighted by Crippen LogP contribution is 2.27. The number of aromatic nitrogens is 1. The monoisotopic (exact) mass is 255 g/mol. The molecule has 1 saturated heterocycles. The molecule has 0 aliphatic carbocycles. The molecule has 0 aromatic carbocycles. The topological polar surface area (TPSA) is 51.4 Å². The Morgan fingerprint density at radius 3 is 3.12 bits per heavy atom. The Labute approximate surface area is 107 Å². The summed E-state index contributed by atoms with van der Waals surface area (Å²) in [6.45, 7) is 4.93. The molecule has 1 fully saturated rings. The minimum Gasteiger partial charge on any atom is -0.377 e. The summed E-state index contributed by atoms with van der Waals surface area (Å²) in [5.41, 5.74) is 6.53. The third kappa shape index (κ3) is 2.70. The van der Waals surface area contributed by atoms with Gasteiger partial charge in [0.1, 0.15) is 5.82 Å². The third-order valence-corrected chi connectivity index (χ3v) is 3.36. The second kappa shape index (κ2) is 5.67. The van der Waals surface area contributed by atoms with E-state index in [0.717, 1.165) is 37.6 Å². The van der Waals surface area contributed by atoms with Crippen LogP contribution in [-0.2, 0) is 11.3 Å². The van der Waals surface area contributed by atoms with E-state index in [4.69, 9.17) is 22.1 Å². The number of hydrogen-bond acceptors (Lipinski definition) is 4. The van der Waals surface area contributed by atoms with Crippen LogP contribution in [0, 0.1) is 0 Å². The van der Waals surface area contributed by atoms with Crippen molar-refractivity contribution < 1.29 is 4.74 Å². The second-order valence-corrected chi connectivity index (χ2v) is 4.59. The highest BCUT2D eigenvalue weighted by molar-refractivity contribution is 6.33. The molecule has 2 rings (SSSR count). The van der Waals surface area contributed by atoms with Crippen LogP contribution in [0.4, 0.5) is 5.82 Å². The SMILES string of the molecule is CCC1COCCN1c1ncc(CN)cc1Cl. The maximum atomic E-state index is 6.26. The lowest BCUT2D eigenvalue weighted by molar-refractivity contribution is 0.0926. The minimum atomic E-state index is 0.359. The van der Waals surface area contributed by atoms with Crippen LogP contribution < -0.4 is 10.6 Å². The molecule has 2 N–H and O–H groups in total. The fourth-order valence-corrected chi connectivity index (χ4v) is 2.36. The number of hydrogen-bond donors (Lipinski definition) is 1. The van der Waals surface area contributed by atoms with Crippen LogP contribution in [0.2, 0.25) is 5.02 Å². The molecule has 17 heavy (non-hydrogen) atoms. The lowest BCUT2D eigenvalue weighted by Crippen LogP contribution is -2.45. The largest absolute Gasteiger partial charge is 0.377 e. The predicted octanol–water partition coefficient (Wildman–Crippen LogP) is 1.81. The summed E-state index contributed by atoms with van der Waals surface area (Å²) in [5, 5.41) is 0.674. The van der Waals surface area contributed by atoms with Crippen molar-refractivity contribution in [3.05, 3.63) is 22.8 Å². The van der Waals surface area contributed by atoms with E-state index in [2.05, 4.69) is 16.8 Å². The molecule has 1 atom stereocenters. The van der Waals surface area contributed by atoms with Crippen molar-refractivity contribution >= 4 is 17.4 Å². The maximum absolute atomic E-state index is 6.26. The molecule has 94 valence electrons. The normalized spacial score (nSPS) is 20.6. The quantitative estimate of drug-likeness (QED) is 0.895. The Kier molecular flexibility index (Phi) is 4.20. The summed E-state index contributed by atoms with van der Waals surface area (Å²) in [6.07, 6.45) is 2.82. The average molecular weight is 256 g/mol. The first-order valence-corrected chi connectivity index (χ1v) is 6.33. The molecule has 4 nitrogen and oxygen atoms in total. The van der Waals surface area contributed by atoms with Gasteiger partial charge in [0, 0.05) is 19.3 Å². The van der Waals surface area contributed by atoms with Crippen LogP contribution in [0.5, 0.6) is 0 Å². The Hall–Kier alpha value is -0.840. The smallest absolute Gasteiger partial charge is 0.147 e. The standard InChI is InChI=1S/C12H18ClN3O/c1-2-10-8-17-4-3-16(10)12-11(13)5-9(6-14)7-15-12/h5,7,10H,2-4,6,8,14H2,1H3. The number of nitrogens with two attached hydrogens (primary N) is 1. The number of rotatable bonds is 3. The molecule has 1 aliphatic heterocycles. The first-order valence-electron chi connectivity index (χ1n) is 5.95. The van der Waals surface area contributed by atoms with Crippen LogP contribution in [0.1, 0.15) is 18.9 Å². The van der Waals surface area contributed by atoms with Gasteiger partial charge in [-0.3, -0.25) is 0 Å². The van der Waals surface area contributed by atoms with E-state index >= 15 is 0 Å². The van der Waals surface area contributed by atoms with E-state index in [1.54, 1.807) is 6.20 Å². The molecule has 1 aromatic heterocycles. The van der Waals surface area contributed by atoms with Gasteiger partial charge in [-0.15, -0.1) is 0 Å². The van der Waals surface area contributed by atoms with Gasteiger partial charge in [0.2, 0.25) is 0 Å². The van der Waals surface area contributed by atoms with Crippen LogP contribution >= 0.6 is 11.6 Å². The van der Waals surface area contributed by atoms with Gasteiger partial charge < -0.3 is 15.4 Å². The van der Waals surface area contributed by atoms with Crippen LogP contribution in [-0.4, -0.2) is 30.8 Å². The Balaban J connectivity index is 2.25. The first kappa shape index (κ1) is 12.6. The van der Waals surface area contributed by atoms with Gasteiger partial charge in [-0.05, 0) is 18.1 Å². The van der Waals surface area contributed by atoms with Crippen LogP contribution in [0.3, 0.4) is 0 Å². The maximum Gasteiger partial charge on any atom is 0.147 e. The zero-order valence-corrected chi connectivity index (χ0v) is 10.8. The number of ether oxygens (including phenoxy) is 1. The Morgan fingerprint density at radius 2 is 2.47 bits per heavy atom. The van der Waals surface area contributed by atoms with Crippen LogP contribution in [0.15, 0.2) is 12.3 Å². The lowest BCUT2D eigenvalue weighted by atomic mass is 10.1. The first-order chi connectivity index (χ1) is 8.26. The van der Waals surface area contributed by atoms with E-state index in [-0.39, 0.29) is 0 Å². The van der Waals surface area contributed by atoms with E-state index in [1.165, 1.54) is 0 Å². The van der Waals surface area contributed by atoms with Gasteiger partial charge in [-0.1, -0.05) is 18.5 Å². The highest BCUT2D eigenvalue weighted by atomic mass is 35.5. The minimum absolute atomic E-state index is 0.359. The summed E-state index contributed by atoms with van der Waals surface area (Å²) >= 11 is 6.26. The Morgan fingerprint density at radius 1 is 1.65 bits per heavy atom. The zero-order valence-electron chi connectivity index (χ0n) is 10.0. The second-order valence-electron chi connectivity index (χ2n) is 4.18. The molecule has 1 unspecified atom stereocenters. The molecule has 0 spiro atoms. The summed E-state index contributed by atoms with van der Waals surface area (Å²) < 4.78 is 5.48. The van der Waals surface area contributed by atoms with E-state index in [9.17, 15) is 0 Å². The lowest BCUT2D eigenvalue weighted by Gasteiger charge is -2.36. The number of anilines is 1. The molecule has 1 aliphatic rings. The molecule has 1 aromatic rings. The summed E-state index contributed by atoms with van der Waals surface area (Å²) in [5.74, 6) is 0.846. The van der Waals surface area contributed by atoms with Crippen molar-refractivity contribution in [1.29, 1.82) is 0 Å². The molecular weight excluding hydrogens is 238 g/mol. The van der Waals surface area contributed by atoms with E-state index in [0.29, 0.717) is 17.6 Å². The molecule has 0 bridgehead atoms. The Bertz CT molecular complexity index is 386. The zero-order chi connectivity index (χ0) is 12.3. The van der Waals surface area contributed by atoms with E-state index < -0.39 is 0 Å². The number of morpholine rings is 1. The van der Waals surface area contributed by atoms with Crippen molar-refractivity contribution in [1.82, 2.24) is 4.98 Å². The highest BCUT2D eigenvalue weighted by Gasteiger charge is 2.24. The predicted molar refractivity (Wildman–Crippen MR) is 69.4 cm³/mol. The average Bonchev–Trinajstić information content (AvgIpc) is 2.38. The summed E-state index contributed by atoms with van der Waals surface area (Å²) in [4.78, 5) is 6.66. The summed E-state index contributed by atoms with van der Waals surface area (Å²) in [6, 6.07) is 2.25. The van der Waals surface area contributed by atoms with Gasteiger partial charge in [-0.2, -0.15) is 0 Å². The van der Waals surface area contributed by atoms with Crippen LogP contribution in [0.25, 0.3) is 0 Å². The van der Waals surface area contributed by atoms with Crippen molar-refractivity contribution in [2.75, 3.05) is 24.7 Å². The number of halogens is 1. The molecule has 5 heteroatoms. The molecular formula is C12H18ClN3O. The molecule has 0 amide bonds. The molecule has 2 heterocycles. The number of pyridine rings is 1. The van der Waals surface area contributed by atoms with Crippen molar-refractivity contribution in [3.8, 4) is 0 Å².